The van der Waals surface area contributed by atoms with Crippen LogP contribution in [0.25, 0.3) is 10.8 Å². The Labute approximate surface area is 127 Å². The predicted molar refractivity (Wildman–Crippen MR) is 88.7 cm³/mol. The second kappa shape index (κ2) is 5.78. The Morgan fingerprint density at radius 3 is 2.50 bits per heavy atom. The van der Waals surface area contributed by atoms with Crippen molar-refractivity contribution >= 4 is 26.7 Å². The molecule has 0 amide bonds. The maximum Gasteiger partial charge on any atom is 0.0336 e. The van der Waals surface area contributed by atoms with Crippen molar-refractivity contribution in [3.63, 3.8) is 0 Å². The third kappa shape index (κ3) is 2.77. The number of hydrogen-bond donors (Lipinski definition) is 1. The van der Waals surface area contributed by atoms with Crippen LogP contribution in [0.1, 0.15) is 17.2 Å². The summed E-state index contributed by atoms with van der Waals surface area (Å²) in [7, 11) is 0. The molecule has 0 saturated carbocycles. The molecule has 2 N–H and O–H groups in total. The van der Waals surface area contributed by atoms with Gasteiger partial charge in [-0.2, -0.15) is 0 Å². The van der Waals surface area contributed by atoms with E-state index in [-0.39, 0.29) is 6.04 Å². The average molecular weight is 326 g/mol. The lowest BCUT2D eigenvalue weighted by Crippen LogP contribution is -2.13. The van der Waals surface area contributed by atoms with Crippen molar-refractivity contribution in [3.05, 3.63) is 82.3 Å². The van der Waals surface area contributed by atoms with Crippen LogP contribution in [-0.4, -0.2) is 0 Å². The minimum Gasteiger partial charge on any atom is -0.324 e. The first-order valence-corrected chi connectivity index (χ1v) is 7.51. The quantitative estimate of drug-likeness (QED) is 0.732. The molecular weight excluding hydrogens is 310 g/mol. The van der Waals surface area contributed by atoms with E-state index in [4.69, 9.17) is 5.73 Å². The first kappa shape index (κ1) is 13.3. The largest absolute Gasteiger partial charge is 0.324 e. The van der Waals surface area contributed by atoms with Gasteiger partial charge in [-0.05, 0) is 40.5 Å². The Balaban J connectivity index is 1.93. The van der Waals surface area contributed by atoms with Crippen molar-refractivity contribution in [2.24, 2.45) is 5.73 Å². The number of nitrogens with two attached hydrogens (primary N) is 1. The van der Waals surface area contributed by atoms with Crippen molar-refractivity contribution in [3.8, 4) is 0 Å². The van der Waals surface area contributed by atoms with Crippen LogP contribution in [0.5, 0.6) is 0 Å². The lowest BCUT2D eigenvalue weighted by Gasteiger charge is -2.14. The van der Waals surface area contributed by atoms with Gasteiger partial charge in [0.15, 0.2) is 0 Å². The van der Waals surface area contributed by atoms with Gasteiger partial charge in [0, 0.05) is 10.5 Å². The minimum atomic E-state index is 0.0123. The fourth-order valence-electron chi connectivity index (χ4n) is 2.56. The highest BCUT2D eigenvalue weighted by Gasteiger charge is 2.09. The normalized spacial score (nSPS) is 12.5. The Kier molecular flexibility index (Phi) is 3.86. The van der Waals surface area contributed by atoms with E-state index in [0.29, 0.717) is 0 Å². The molecule has 20 heavy (non-hydrogen) atoms. The molecule has 100 valence electrons. The number of halogens is 1. The predicted octanol–water partition coefficient (Wildman–Crippen LogP) is 4.84. The molecule has 1 atom stereocenters. The molecule has 1 unspecified atom stereocenters. The SMILES string of the molecule is NC(Cc1cccc2ccccc12)c1cccc(Br)c1. The van der Waals surface area contributed by atoms with Crippen molar-refractivity contribution in [1.29, 1.82) is 0 Å². The van der Waals surface area contributed by atoms with Gasteiger partial charge in [-0.1, -0.05) is 70.5 Å². The number of hydrogen-bond acceptors (Lipinski definition) is 1. The molecule has 3 rings (SSSR count). The molecule has 0 radical (unpaired) electrons. The second-order valence-electron chi connectivity index (χ2n) is 5.00. The van der Waals surface area contributed by atoms with E-state index in [2.05, 4.69) is 70.5 Å². The van der Waals surface area contributed by atoms with E-state index >= 15 is 0 Å². The van der Waals surface area contributed by atoms with Gasteiger partial charge in [0.2, 0.25) is 0 Å². The molecular formula is C18H16BrN. The molecule has 3 aromatic carbocycles. The summed E-state index contributed by atoms with van der Waals surface area (Å²) < 4.78 is 1.07. The summed E-state index contributed by atoms with van der Waals surface area (Å²) in [5, 5.41) is 2.56. The monoisotopic (exact) mass is 325 g/mol. The lowest BCUT2D eigenvalue weighted by atomic mass is 9.95. The van der Waals surface area contributed by atoms with Crippen molar-refractivity contribution in [2.45, 2.75) is 12.5 Å². The van der Waals surface area contributed by atoms with Crippen LogP contribution in [0, 0.1) is 0 Å². The minimum absolute atomic E-state index is 0.0123. The molecule has 0 spiro atoms. The highest BCUT2D eigenvalue weighted by molar-refractivity contribution is 9.10. The average Bonchev–Trinajstić information content (AvgIpc) is 2.47. The highest BCUT2D eigenvalue weighted by Crippen LogP contribution is 2.24. The zero-order chi connectivity index (χ0) is 13.9. The summed E-state index contributed by atoms with van der Waals surface area (Å²) in [6.45, 7) is 0. The van der Waals surface area contributed by atoms with E-state index in [0.717, 1.165) is 16.5 Å². The van der Waals surface area contributed by atoms with Gasteiger partial charge in [0.05, 0.1) is 0 Å². The van der Waals surface area contributed by atoms with Crippen LogP contribution < -0.4 is 5.73 Å². The van der Waals surface area contributed by atoms with E-state index < -0.39 is 0 Å². The van der Waals surface area contributed by atoms with E-state index in [9.17, 15) is 0 Å². The Morgan fingerprint density at radius 1 is 0.900 bits per heavy atom. The molecule has 0 heterocycles. The maximum absolute atomic E-state index is 6.37. The molecule has 0 aliphatic carbocycles. The second-order valence-corrected chi connectivity index (χ2v) is 5.92. The van der Waals surface area contributed by atoms with Gasteiger partial charge in [0.1, 0.15) is 0 Å². The summed E-state index contributed by atoms with van der Waals surface area (Å²) >= 11 is 3.50. The molecule has 1 nitrogen and oxygen atoms in total. The first-order chi connectivity index (χ1) is 9.74. The molecule has 3 aromatic rings. The zero-order valence-electron chi connectivity index (χ0n) is 11.1. The standard InChI is InChI=1S/C18H16BrN/c19-16-9-4-8-15(11-16)18(20)12-14-7-3-6-13-5-1-2-10-17(13)14/h1-11,18H,12,20H2. The molecule has 0 bridgehead atoms. The summed E-state index contributed by atoms with van der Waals surface area (Å²) in [5.74, 6) is 0. The van der Waals surface area contributed by atoms with Crippen LogP contribution in [-0.2, 0) is 6.42 Å². The molecule has 0 aliphatic rings. The van der Waals surface area contributed by atoms with Gasteiger partial charge in [-0.25, -0.2) is 0 Å². The summed E-state index contributed by atoms with van der Waals surface area (Å²) in [4.78, 5) is 0. The Hall–Kier alpha value is -1.64. The number of rotatable bonds is 3. The third-order valence-electron chi connectivity index (χ3n) is 3.60. The Morgan fingerprint density at radius 2 is 1.65 bits per heavy atom. The van der Waals surface area contributed by atoms with Gasteiger partial charge >= 0.3 is 0 Å². The van der Waals surface area contributed by atoms with Crippen LogP contribution in [0.3, 0.4) is 0 Å². The Bertz CT molecular complexity index is 731. The van der Waals surface area contributed by atoms with Crippen LogP contribution in [0.4, 0.5) is 0 Å². The highest BCUT2D eigenvalue weighted by atomic mass is 79.9. The topological polar surface area (TPSA) is 26.0 Å². The van der Waals surface area contributed by atoms with Gasteiger partial charge in [-0.15, -0.1) is 0 Å². The fraction of sp³-hybridized carbons (Fsp3) is 0.111. The van der Waals surface area contributed by atoms with E-state index in [1.165, 1.54) is 16.3 Å². The molecule has 0 aliphatic heterocycles. The van der Waals surface area contributed by atoms with Gasteiger partial charge in [-0.3, -0.25) is 0 Å². The van der Waals surface area contributed by atoms with E-state index in [1.54, 1.807) is 0 Å². The molecule has 2 heteroatoms. The fourth-order valence-corrected chi connectivity index (χ4v) is 2.98. The van der Waals surface area contributed by atoms with Gasteiger partial charge < -0.3 is 5.73 Å². The van der Waals surface area contributed by atoms with Crippen molar-refractivity contribution in [2.75, 3.05) is 0 Å². The smallest absolute Gasteiger partial charge is 0.0336 e. The van der Waals surface area contributed by atoms with Crippen LogP contribution in [0.2, 0.25) is 0 Å². The number of fused-ring (bicyclic) bond motifs is 1. The summed E-state index contributed by atoms with van der Waals surface area (Å²) in [5.41, 5.74) is 8.83. The van der Waals surface area contributed by atoms with Gasteiger partial charge in [0.25, 0.3) is 0 Å². The molecule has 0 saturated heterocycles. The molecule has 0 aromatic heterocycles. The molecule has 0 fully saturated rings. The zero-order valence-corrected chi connectivity index (χ0v) is 12.7. The summed E-state index contributed by atoms with van der Waals surface area (Å²) in [6, 6.07) is 23.1. The lowest BCUT2D eigenvalue weighted by molar-refractivity contribution is 0.725. The van der Waals surface area contributed by atoms with E-state index in [1.807, 2.05) is 12.1 Å². The maximum atomic E-state index is 6.37. The van der Waals surface area contributed by atoms with Crippen molar-refractivity contribution < 1.29 is 0 Å². The summed E-state index contributed by atoms with van der Waals surface area (Å²) in [6.07, 6.45) is 0.845. The number of benzene rings is 3. The first-order valence-electron chi connectivity index (χ1n) is 6.72. The third-order valence-corrected chi connectivity index (χ3v) is 4.09. The van der Waals surface area contributed by atoms with Crippen LogP contribution in [0.15, 0.2) is 71.2 Å². The van der Waals surface area contributed by atoms with Crippen molar-refractivity contribution in [1.82, 2.24) is 0 Å². The van der Waals surface area contributed by atoms with Crippen LogP contribution >= 0.6 is 15.9 Å².